The second kappa shape index (κ2) is 9.32. The number of hydrogen-bond acceptors (Lipinski definition) is 5. The quantitative estimate of drug-likeness (QED) is 0.563. The second-order valence-electron chi connectivity index (χ2n) is 6.45. The van der Waals surface area contributed by atoms with Gasteiger partial charge < -0.3 is 20.3 Å². The molecule has 0 aliphatic heterocycles. The lowest BCUT2D eigenvalue weighted by molar-refractivity contribution is -0.145. The van der Waals surface area contributed by atoms with Crippen molar-refractivity contribution in [3.63, 3.8) is 0 Å². The molecule has 1 atom stereocenters. The third-order valence-corrected chi connectivity index (χ3v) is 4.31. The van der Waals surface area contributed by atoms with Gasteiger partial charge in [-0.05, 0) is 41.3 Å². The summed E-state index contributed by atoms with van der Waals surface area (Å²) < 4.78 is 38.8. The van der Waals surface area contributed by atoms with E-state index in [-0.39, 0.29) is 12.2 Å². The van der Waals surface area contributed by atoms with E-state index >= 15 is 0 Å². The highest BCUT2D eigenvalue weighted by atomic mass is 19.1. The minimum Gasteiger partial charge on any atom is -0.479 e. The molecule has 1 aromatic heterocycles. The van der Waals surface area contributed by atoms with Crippen LogP contribution in [0.3, 0.4) is 0 Å². The number of ether oxygens (including phenoxy) is 2. The van der Waals surface area contributed by atoms with E-state index in [1.807, 2.05) is 30.3 Å². The number of benzene rings is 2. The molecule has 0 fully saturated rings. The van der Waals surface area contributed by atoms with Gasteiger partial charge in [-0.1, -0.05) is 37.3 Å². The zero-order chi connectivity index (χ0) is 21.7. The molecule has 0 bridgehead atoms. The van der Waals surface area contributed by atoms with Crippen molar-refractivity contribution in [1.29, 1.82) is 0 Å². The molecule has 0 saturated heterocycles. The monoisotopic (exact) mass is 414 g/mol. The van der Waals surface area contributed by atoms with E-state index in [9.17, 15) is 13.6 Å². The maximum absolute atomic E-state index is 14.2. The van der Waals surface area contributed by atoms with Crippen molar-refractivity contribution in [1.82, 2.24) is 4.98 Å². The number of nitrogens with two attached hydrogens (primary N) is 1. The molecule has 3 aromatic rings. The number of nitrogens with zero attached hydrogens (tertiary/aromatic N) is 1. The Hall–Kier alpha value is -3.52. The SMILES string of the molecule is CC[C@H](Oc1nc(Oc2cccc(-c3cccc(CN)c3)c2)c(F)cc1F)C(=O)O. The zero-order valence-electron chi connectivity index (χ0n) is 16.1. The minimum atomic E-state index is -1.32. The van der Waals surface area contributed by atoms with Crippen molar-refractivity contribution in [2.75, 3.05) is 0 Å². The van der Waals surface area contributed by atoms with Gasteiger partial charge in [0.25, 0.3) is 11.8 Å². The smallest absolute Gasteiger partial charge is 0.344 e. The lowest BCUT2D eigenvalue weighted by Gasteiger charge is -2.14. The molecular weight excluding hydrogens is 394 g/mol. The Morgan fingerprint density at radius 3 is 2.40 bits per heavy atom. The van der Waals surface area contributed by atoms with E-state index in [4.69, 9.17) is 20.3 Å². The van der Waals surface area contributed by atoms with Crippen molar-refractivity contribution in [2.24, 2.45) is 5.73 Å². The van der Waals surface area contributed by atoms with Crippen LogP contribution in [-0.4, -0.2) is 22.2 Å². The number of aliphatic carboxylic acids is 1. The summed E-state index contributed by atoms with van der Waals surface area (Å²) in [5, 5.41) is 9.07. The highest BCUT2D eigenvalue weighted by Gasteiger charge is 2.22. The Kier molecular flexibility index (Phi) is 6.58. The van der Waals surface area contributed by atoms with Crippen molar-refractivity contribution < 1.29 is 28.2 Å². The van der Waals surface area contributed by atoms with Gasteiger partial charge in [-0.15, -0.1) is 0 Å². The molecule has 1 heterocycles. The van der Waals surface area contributed by atoms with Crippen LogP contribution in [0.1, 0.15) is 18.9 Å². The lowest BCUT2D eigenvalue weighted by atomic mass is 10.0. The van der Waals surface area contributed by atoms with Gasteiger partial charge in [0, 0.05) is 12.6 Å². The first-order valence-electron chi connectivity index (χ1n) is 9.24. The number of aromatic nitrogens is 1. The van der Waals surface area contributed by atoms with Crippen LogP contribution < -0.4 is 15.2 Å². The minimum absolute atomic E-state index is 0.0773. The summed E-state index contributed by atoms with van der Waals surface area (Å²) in [6.07, 6.45) is -1.24. The molecule has 156 valence electrons. The van der Waals surface area contributed by atoms with Gasteiger partial charge in [-0.25, -0.2) is 13.6 Å². The molecule has 0 aliphatic rings. The molecule has 0 amide bonds. The molecule has 6 nitrogen and oxygen atoms in total. The van der Waals surface area contributed by atoms with Gasteiger partial charge in [0.15, 0.2) is 17.7 Å². The summed E-state index contributed by atoms with van der Waals surface area (Å²) in [5.74, 6) is -4.35. The predicted molar refractivity (Wildman–Crippen MR) is 106 cm³/mol. The van der Waals surface area contributed by atoms with E-state index in [0.717, 1.165) is 16.7 Å². The summed E-state index contributed by atoms with van der Waals surface area (Å²) in [4.78, 5) is 14.8. The van der Waals surface area contributed by atoms with Gasteiger partial charge in [-0.2, -0.15) is 4.98 Å². The van der Waals surface area contributed by atoms with Crippen LogP contribution in [0.15, 0.2) is 54.6 Å². The van der Waals surface area contributed by atoms with Crippen LogP contribution in [0, 0.1) is 11.6 Å². The van der Waals surface area contributed by atoms with Gasteiger partial charge in [0.05, 0.1) is 0 Å². The van der Waals surface area contributed by atoms with E-state index < -0.39 is 35.5 Å². The Balaban J connectivity index is 1.89. The van der Waals surface area contributed by atoms with E-state index in [0.29, 0.717) is 12.6 Å². The first kappa shape index (κ1) is 21.2. The largest absolute Gasteiger partial charge is 0.479 e. The molecule has 8 heteroatoms. The fraction of sp³-hybridized carbons (Fsp3) is 0.182. The van der Waals surface area contributed by atoms with Crippen LogP contribution >= 0.6 is 0 Å². The summed E-state index contributed by atoms with van der Waals surface area (Å²) >= 11 is 0. The number of carboxylic acid groups (broad SMARTS) is 1. The van der Waals surface area contributed by atoms with Gasteiger partial charge in [-0.3, -0.25) is 0 Å². The highest BCUT2D eigenvalue weighted by Crippen LogP contribution is 2.30. The van der Waals surface area contributed by atoms with Crippen LogP contribution in [0.5, 0.6) is 17.5 Å². The lowest BCUT2D eigenvalue weighted by Crippen LogP contribution is -2.26. The van der Waals surface area contributed by atoms with E-state index in [1.165, 1.54) is 0 Å². The average molecular weight is 414 g/mol. The van der Waals surface area contributed by atoms with E-state index in [1.54, 1.807) is 25.1 Å². The zero-order valence-corrected chi connectivity index (χ0v) is 16.1. The highest BCUT2D eigenvalue weighted by molar-refractivity contribution is 5.72. The Morgan fingerprint density at radius 2 is 1.73 bits per heavy atom. The third kappa shape index (κ3) is 4.90. The summed E-state index contributed by atoms with van der Waals surface area (Å²) in [6.45, 7) is 1.95. The number of carboxylic acids is 1. The number of halogens is 2. The van der Waals surface area contributed by atoms with Crippen LogP contribution in [-0.2, 0) is 11.3 Å². The topological polar surface area (TPSA) is 94.7 Å². The van der Waals surface area contributed by atoms with Crippen molar-refractivity contribution in [2.45, 2.75) is 26.0 Å². The first-order valence-corrected chi connectivity index (χ1v) is 9.24. The molecule has 0 spiro atoms. The maximum atomic E-state index is 14.2. The first-order chi connectivity index (χ1) is 14.4. The van der Waals surface area contributed by atoms with Gasteiger partial charge >= 0.3 is 5.97 Å². The van der Waals surface area contributed by atoms with Gasteiger partial charge in [0.1, 0.15) is 5.75 Å². The Bertz CT molecular complexity index is 1060. The van der Waals surface area contributed by atoms with Crippen LogP contribution in [0.25, 0.3) is 11.1 Å². The molecule has 3 N–H and O–H groups in total. The van der Waals surface area contributed by atoms with Crippen LogP contribution in [0.4, 0.5) is 8.78 Å². The standard InChI is InChI=1S/C22H20F2N2O4/c1-2-19(22(27)28)30-21-18(24)11-17(23)20(26-21)29-16-8-4-7-15(10-16)14-6-3-5-13(9-14)12-25/h3-11,19H,2,12,25H2,1H3,(H,27,28)/t19-/m0/s1. The number of hydrogen-bond donors (Lipinski definition) is 2. The fourth-order valence-electron chi connectivity index (χ4n) is 2.76. The van der Waals surface area contributed by atoms with E-state index in [2.05, 4.69) is 4.98 Å². The fourth-order valence-corrected chi connectivity index (χ4v) is 2.76. The number of rotatable bonds is 8. The van der Waals surface area contributed by atoms with Crippen LogP contribution in [0.2, 0.25) is 0 Å². The normalized spacial score (nSPS) is 11.7. The molecule has 30 heavy (non-hydrogen) atoms. The number of carbonyl (C=O) groups is 1. The van der Waals surface area contributed by atoms with Crippen molar-refractivity contribution in [3.8, 4) is 28.6 Å². The molecule has 3 rings (SSSR count). The Morgan fingerprint density at radius 1 is 1.07 bits per heavy atom. The molecular formula is C22H20F2N2O4. The predicted octanol–water partition coefficient (Wildman–Crippen LogP) is 4.52. The molecule has 0 radical (unpaired) electrons. The molecule has 0 saturated carbocycles. The average Bonchev–Trinajstić information content (AvgIpc) is 2.74. The molecule has 0 unspecified atom stereocenters. The third-order valence-electron chi connectivity index (χ3n) is 4.31. The second-order valence-corrected chi connectivity index (χ2v) is 6.45. The van der Waals surface area contributed by atoms with Gasteiger partial charge in [0.2, 0.25) is 0 Å². The summed E-state index contributed by atoms with van der Waals surface area (Å²) in [7, 11) is 0. The Labute approximate surface area is 171 Å². The molecule has 0 aliphatic carbocycles. The molecule has 2 aromatic carbocycles. The van der Waals surface area contributed by atoms with Crippen molar-refractivity contribution in [3.05, 3.63) is 71.8 Å². The maximum Gasteiger partial charge on any atom is 0.344 e. The van der Waals surface area contributed by atoms with Crippen molar-refractivity contribution >= 4 is 5.97 Å². The summed E-state index contributed by atoms with van der Waals surface area (Å²) in [5.41, 5.74) is 8.34. The summed E-state index contributed by atoms with van der Waals surface area (Å²) in [6, 6.07) is 15.0. The number of pyridine rings is 1.